The smallest absolute Gasteiger partial charge is 0.248 e. The molecule has 1 saturated carbocycles. The molecule has 0 spiro atoms. The number of likely N-dealkylation sites (tertiary alicyclic amines) is 1. The minimum Gasteiger partial charge on any atom is -0.387 e. The Hall–Kier alpha value is -2.15. The van der Waals surface area contributed by atoms with E-state index in [4.69, 9.17) is 5.11 Å². The van der Waals surface area contributed by atoms with Gasteiger partial charge in [0.25, 0.3) is 0 Å². The second kappa shape index (κ2) is 6.63. The highest BCUT2D eigenvalue weighted by molar-refractivity contribution is 5.87. The highest BCUT2D eigenvalue weighted by Crippen LogP contribution is 2.39. The van der Waals surface area contributed by atoms with E-state index in [1.54, 1.807) is 6.33 Å². The zero-order chi connectivity index (χ0) is 17.4. The molecule has 0 aromatic carbocycles. The Labute approximate surface area is 147 Å². The SMILES string of the molecule is CN(c1ncnc2[nH]ccc12)C1CC[C@H]2CN(C(=O)CO)CC[C@H]2C1. The van der Waals surface area contributed by atoms with Crippen LogP contribution in [0.5, 0.6) is 0 Å². The van der Waals surface area contributed by atoms with E-state index >= 15 is 0 Å². The lowest BCUT2D eigenvalue weighted by Crippen LogP contribution is -2.49. The maximum atomic E-state index is 11.7. The van der Waals surface area contributed by atoms with E-state index in [1.807, 2.05) is 17.2 Å². The summed E-state index contributed by atoms with van der Waals surface area (Å²) in [5.74, 6) is 2.06. The lowest BCUT2D eigenvalue weighted by molar-refractivity contribution is -0.137. The standard InChI is InChI=1S/C18H25N5O2/c1-22(18-15-4-6-19-17(15)20-11-21-18)14-3-2-13-9-23(16(25)10-24)7-5-12(13)8-14/h4,6,11-14,24H,2-3,5,7-10H2,1H3,(H,19,20,21)/t12-,13-,14?/m0/s1. The minimum absolute atomic E-state index is 0.131. The van der Waals surface area contributed by atoms with Gasteiger partial charge in [0.15, 0.2) is 0 Å². The molecule has 1 aliphatic carbocycles. The predicted molar refractivity (Wildman–Crippen MR) is 95.2 cm³/mol. The number of hydrogen-bond acceptors (Lipinski definition) is 5. The number of nitrogens with one attached hydrogen (secondary N) is 1. The van der Waals surface area contributed by atoms with E-state index in [0.717, 1.165) is 55.6 Å². The number of piperidine rings is 1. The summed E-state index contributed by atoms with van der Waals surface area (Å²) in [4.78, 5) is 27.8. The minimum atomic E-state index is -0.372. The van der Waals surface area contributed by atoms with Crippen molar-refractivity contribution in [3.8, 4) is 0 Å². The molecular formula is C18H25N5O2. The van der Waals surface area contributed by atoms with Crippen molar-refractivity contribution >= 4 is 22.8 Å². The number of aliphatic hydroxyl groups excluding tert-OH is 1. The fourth-order valence-electron chi connectivity index (χ4n) is 4.58. The summed E-state index contributed by atoms with van der Waals surface area (Å²) in [6.45, 7) is 1.20. The van der Waals surface area contributed by atoms with Crippen molar-refractivity contribution in [2.45, 2.75) is 31.7 Å². The summed E-state index contributed by atoms with van der Waals surface area (Å²) in [6, 6.07) is 2.50. The number of aromatic amines is 1. The van der Waals surface area contributed by atoms with Crippen LogP contribution in [0.15, 0.2) is 18.6 Å². The van der Waals surface area contributed by atoms with Gasteiger partial charge in [0.05, 0.1) is 5.39 Å². The number of amides is 1. The van der Waals surface area contributed by atoms with E-state index in [2.05, 4.69) is 26.9 Å². The molecule has 2 N–H and O–H groups in total. The van der Waals surface area contributed by atoms with E-state index in [0.29, 0.717) is 17.9 Å². The number of anilines is 1. The number of aliphatic hydroxyl groups is 1. The van der Waals surface area contributed by atoms with Gasteiger partial charge in [0.1, 0.15) is 24.4 Å². The number of rotatable bonds is 3. The number of hydrogen-bond donors (Lipinski definition) is 2. The third-order valence-electron chi connectivity index (χ3n) is 6.04. The van der Waals surface area contributed by atoms with Crippen molar-refractivity contribution in [2.75, 3.05) is 31.6 Å². The largest absolute Gasteiger partial charge is 0.387 e. The highest BCUT2D eigenvalue weighted by Gasteiger charge is 2.37. The van der Waals surface area contributed by atoms with Crippen LogP contribution in [-0.2, 0) is 4.79 Å². The average Bonchev–Trinajstić information content (AvgIpc) is 3.14. The van der Waals surface area contributed by atoms with Gasteiger partial charge >= 0.3 is 0 Å². The number of fused-ring (bicyclic) bond motifs is 2. The van der Waals surface area contributed by atoms with Crippen LogP contribution in [0.3, 0.4) is 0 Å². The summed E-state index contributed by atoms with van der Waals surface area (Å²) in [5.41, 5.74) is 0.876. The van der Waals surface area contributed by atoms with Gasteiger partial charge < -0.3 is 19.9 Å². The predicted octanol–water partition coefficient (Wildman–Crippen LogP) is 1.40. The number of carbonyl (C=O) groups is 1. The van der Waals surface area contributed by atoms with Crippen molar-refractivity contribution in [2.24, 2.45) is 11.8 Å². The lowest BCUT2D eigenvalue weighted by atomic mass is 9.72. The van der Waals surface area contributed by atoms with Crippen LogP contribution in [0.1, 0.15) is 25.7 Å². The zero-order valence-electron chi connectivity index (χ0n) is 14.6. The number of carbonyl (C=O) groups excluding carboxylic acids is 1. The molecule has 2 fully saturated rings. The summed E-state index contributed by atoms with van der Waals surface area (Å²) >= 11 is 0. The van der Waals surface area contributed by atoms with Crippen molar-refractivity contribution in [3.05, 3.63) is 18.6 Å². The molecule has 134 valence electrons. The topological polar surface area (TPSA) is 85.4 Å². The molecule has 1 aliphatic heterocycles. The summed E-state index contributed by atoms with van der Waals surface area (Å²) in [5, 5.41) is 10.1. The van der Waals surface area contributed by atoms with Gasteiger partial charge in [-0.25, -0.2) is 9.97 Å². The fourth-order valence-corrected chi connectivity index (χ4v) is 4.58. The summed E-state index contributed by atoms with van der Waals surface area (Å²) in [7, 11) is 2.13. The number of H-pyrrole nitrogens is 1. The molecule has 7 heteroatoms. The third kappa shape index (κ3) is 2.97. The first-order valence-corrected chi connectivity index (χ1v) is 9.07. The van der Waals surface area contributed by atoms with E-state index < -0.39 is 0 Å². The maximum Gasteiger partial charge on any atom is 0.248 e. The van der Waals surface area contributed by atoms with Gasteiger partial charge in [-0.05, 0) is 43.6 Å². The third-order valence-corrected chi connectivity index (χ3v) is 6.04. The van der Waals surface area contributed by atoms with Crippen LogP contribution in [0, 0.1) is 11.8 Å². The molecule has 3 atom stereocenters. The zero-order valence-corrected chi connectivity index (χ0v) is 14.6. The van der Waals surface area contributed by atoms with Crippen molar-refractivity contribution < 1.29 is 9.90 Å². The van der Waals surface area contributed by atoms with Crippen molar-refractivity contribution in [1.29, 1.82) is 0 Å². The fraction of sp³-hybridized carbons (Fsp3) is 0.611. The van der Waals surface area contributed by atoms with E-state index in [1.165, 1.54) is 0 Å². The Morgan fingerprint density at radius 3 is 3.08 bits per heavy atom. The molecule has 1 saturated heterocycles. The van der Waals surface area contributed by atoms with Crippen molar-refractivity contribution in [1.82, 2.24) is 19.9 Å². The van der Waals surface area contributed by atoms with Crippen LogP contribution in [0.25, 0.3) is 11.0 Å². The van der Waals surface area contributed by atoms with Gasteiger partial charge in [0.2, 0.25) is 5.91 Å². The van der Waals surface area contributed by atoms with Crippen LogP contribution in [0.2, 0.25) is 0 Å². The van der Waals surface area contributed by atoms with Gasteiger partial charge in [-0.15, -0.1) is 0 Å². The Bertz CT molecular complexity index is 761. The Morgan fingerprint density at radius 2 is 2.24 bits per heavy atom. The van der Waals surface area contributed by atoms with Gasteiger partial charge in [-0.2, -0.15) is 0 Å². The molecule has 2 aliphatic rings. The molecule has 0 bridgehead atoms. The first-order valence-electron chi connectivity index (χ1n) is 9.07. The van der Waals surface area contributed by atoms with Gasteiger partial charge in [0, 0.05) is 32.4 Å². The second-order valence-electron chi connectivity index (χ2n) is 7.32. The Kier molecular flexibility index (Phi) is 4.33. The normalized spacial score (nSPS) is 26.5. The number of aromatic nitrogens is 3. The highest BCUT2D eigenvalue weighted by atomic mass is 16.3. The van der Waals surface area contributed by atoms with Crippen LogP contribution in [0.4, 0.5) is 5.82 Å². The molecule has 1 unspecified atom stereocenters. The monoisotopic (exact) mass is 343 g/mol. The lowest BCUT2D eigenvalue weighted by Gasteiger charge is -2.45. The first-order chi connectivity index (χ1) is 12.2. The quantitative estimate of drug-likeness (QED) is 0.880. The molecule has 25 heavy (non-hydrogen) atoms. The van der Waals surface area contributed by atoms with Crippen molar-refractivity contribution in [3.63, 3.8) is 0 Å². The maximum absolute atomic E-state index is 11.7. The Balaban J connectivity index is 1.46. The summed E-state index contributed by atoms with van der Waals surface area (Å²) < 4.78 is 0. The molecule has 2 aromatic heterocycles. The van der Waals surface area contributed by atoms with Gasteiger partial charge in [-0.1, -0.05) is 0 Å². The summed E-state index contributed by atoms with van der Waals surface area (Å²) in [6.07, 6.45) is 7.92. The Morgan fingerprint density at radius 1 is 1.36 bits per heavy atom. The number of nitrogens with zero attached hydrogens (tertiary/aromatic N) is 4. The second-order valence-corrected chi connectivity index (χ2v) is 7.32. The van der Waals surface area contributed by atoms with E-state index in [-0.39, 0.29) is 12.5 Å². The van der Waals surface area contributed by atoms with Gasteiger partial charge in [-0.3, -0.25) is 4.79 Å². The molecule has 0 radical (unpaired) electrons. The molecule has 4 rings (SSSR count). The average molecular weight is 343 g/mol. The van der Waals surface area contributed by atoms with E-state index in [9.17, 15) is 4.79 Å². The first kappa shape index (κ1) is 16.3. The van der Waals surface area contributed by atoms with Crippen LogP contribution >= 0.6 is 0 Å². The molecule has 2 aromatic rings. The molecule has 3 heterocycles. The molecule has 1 amide bonds. The van der Waals surface area contributed by atoms with Crippen LogP contribution in [-0.4, -0.2) is 63.7 Å². The molecule has 7 nitrogen and oxygen atoms in total. The van der Waals surface area contributed by atoms with Crippen LogP contribution < -0.4 is 4.90 Å². The molecular weight excluding hydrogens is 318 g/mol.